The van der Waals surface area contributed by atoms with E-state index < -0.39 is 0 Å². The molecule has 0 spiro atoms. The number of para-hydroxylation sites is 1. The van der Waals surface area contributed by atoms with Crippen molar-refractivity contribution < 1.29 is 4.52 Å². The van der Waals surface area contributed by atoms with Crippen molar-refractivity contribution in [1.29, 1.82) is 0 Å². The molecule has 1 aromatic carbocycles. The Kier molecular flexibility index (Phi) is 7.32. The average molecular weight is 332 g/mol. The van der Waals surface area contributed by atoms with Crippen molar-refractivity contribution in [3.8, 4) is 0 Å². The third-order valence-electron chi connectivity index (χ3n) is 2.31. The summed E-state index contributed by atoms with van der Waals surface area (Å²) >= 11 is 9.14. The smallest absolute Gasteiger partial charge is 0.170 e. The third-order valence-corrected chi connectivity index (χ3v) is 9.30. The first-order valence-corrected chi connectivity index (χ1v) is 11.0. The normalized spacial score (nSPS) is 15.4. The van der Waals surface area contributed by atoms with Gasteiger partial charge in [-0.2, -0.15) is 0 Å². The SMILES string of the molecule is S=C(NCCCOP1SCCS1)Nc1ccccc1. The second-order valence-electron chi connectivity index (χ2n) is 3.82. The highest BCUT2D eigenvalue weighted by atomic mass is 33.1. The van der Waals surface area contributed by atoms with Gasteiger partial charge in [0.25, 0.3) is 0 Å². The largest absolute Gasteiger partial charge is 0.362 e. The van der Waals surface area contributed by atoms with Gasteiger partial charge in [0.05, 0.1) is 6.61 Å². The average Bonchev–Trinajstić information content (AvgIpc) is 2.92. The predicted octanol–water partition coefficient (Wildman–Crippen LogP) is 4.09. The maximum absolute atomic E-state index is 5.79. The second kappa shape index (κ2) is 9.03. The zero-order valence-electron chi connectivity index (χ0n) is 10.5. The molecule has 2 rings (SSSR count). The lowest BCUT2D eigenvalue weighted by molar-refractivity contribution is 0.358. The van der Waals surface area contributed by atoms with Gasteiger partial charge in [-0.3, -0.25) is 0 Å². The number of anilines is 1. The lowest BCUT2D eigenvalue weighted by atomic mass is 10.3. The standard InChI is InChI=1S/C12H17N2OPS3/c17-12(14-11-5-2-1-3-6-11)13-7-4-8-15-16-18-9-10-19-16/h1-3,5-6H,4,7-10H2,(H2,13,14,17). The van der Waals surface area contributed by atoms with Gasteiger partial charge in [-0.15, -0.1) is 0 Å². The summed E-state index contributed by atoms with van der Waals surface area (Å²) in [7, 11) is 0. The predicted molar refractivity (Wildman–Crippen MR) is 93.1 cm³/mol. The van der Waals surface area contributed by atoms with Crippen LogP contribution in [0.15, 0.2) is 30.3 Å². The molecule has 1 heterocycles. The summed E-state index contributed by atoms with van der Waals surface area (Å²) in [5.41, 5.74) is 1.01. The molecule has 0 radical (unpaired) electrons. The van der Waals surface area contributed by atoms with Crippen molar-refractivity contribution in [2.24, 2.45) is 0 Å². The number of rotatable bonds is 6. The van der Waals surface area contributed by atoms with Crippen LogP contribution in [0.5, 0.6) is 0 Å². The molecular formula is C12H17N2OPS3. The molecule has 0 atom stereocenters. The maximum atomic E-state index is 5.79. The van der Waals surface area contributed by atoms with E-state index >= 15 is 0 Å². The summed E-state index contributed by atoms with van der Waals surface area (Å²) in [4.78, 5) is 0. The van der Waals surface area contributed by atoms with Crippen LogP contribution < -0.4 is 10.6 Å². The Morgan fingerprint density at radius 1 is 1.26 bits per heavy atom. The molecule has 7 heteroatoms. The molecule has 1 aliphatic rings. The molecule has 19 heavy (non-hydrogen) atoms. The number of nitrogens with one attached hydrogen (secondary N) is 2. The van der Waals surface area contributed by atoms with Gasteiger partial charge in [0.15, 0.2) is 11.7 Å². The summed E-state index contributed by atoms with van der Waals surface area (Å²) in [5, 5.41) is 7.01. The Bertz CT molecular complexity index is 388. The van der Waals surface area contributed by atoms with Crippen molar-refractivity contribution in [3.05, 3.63) is 30.3 Å². The van der Waals surface area contributed by atoms with Crippen LogP contribution in [0.4, 0.5) is 5.69 Å². The number of benzene rings is 1. The van der Waals surface area contributed by atoms with E-state index in [0.717, 1.165) is 25.3 Å². The maximum Gasteiger partial charge on any atom is 0.170 e. The van der Waals surface area contributed by atoms with Gasteiger partial charge in [-0.25, -0.2) is 0 Å². The minimum absolute atomic E-state index is 0.260. The van der Waals surface area contributed by atoms with Gasteiger partial charge < -0.3 is 15.2 Å². The Morgan fingerprint density at radius 2 is 2.00 bits per heavy atom. The van der Waals surface area contributed by atoms with E-state index in [1.54, 1.807) is 0 Å². The molecular weight excluding hydrogens is 315 g/mol. The first kappa shape index (κ1) is 15.4. The van der Waals surface area contributed by atoms with E-state index in [4.69, 9.17) is 16.7 Å². The summed E-state index contributed by atoms with van der Waals surface area (Å²) in [5.74, 6) is 2.47. The van der Waals surface area contributed by atoms with Crippen LogP contribution in [0, 0.1) is 0 Å². The summed E-state index contributed by atoms with van der Waals surface area (Å²) in [6.07, 6.45) is 0.983. The van der Waals surface area contributed by atoms with Crippen LogP contribution in [0.25, 0.3) is 0 Å². The zero-order valence-corrected chi connectivity index (χ0v) is 13.8. The fourth-order valence-electron chi connectivity index (χ4n) is 1.45. The molecule has 0 aromatic heterocycles. The fourth-order valence-corrected chi connectivity index (χ4v) is 8.43. The molecule has 1 fully saturated rings. The van der Waals surface area contributed by atoms with Crippen molar-refractivity contribution in [3.63, 3.8) is 0 Å². The molecule has 0 aliphatic carbocycles. The first-order valence-electron chi connectivity index (χ1n) is 6.13. The highest BCUT2D eigenvalue weighted by Gasteiger charge is 2.16. The van der Waals surface area contributed by atoms with E-state index in [2.05, 4.69) is 10.6 Å². The molecule has 2 N–H and O–H groups in total. The van der Waals surface area contributed by atoms with Crippen LogP contribution >= 0.6 is 41.5 Å². The van der Waals surface area contributed by atoms with Crippen molar-refractivity contribution in [1.82, 2.24) is 5.32 Å². The van der Waals surface area contributed by atoms with E-state index in [0.29, 0.717) is 5.11 Å². The second-order valence-corrected chi connectivity index (χ2v) is 10.5. The van der Waals surface area contributed by atoms with Crippen LogP contribution in [0.3, 0.4) is 0 Å². The molecule has 104 valence electrons. The molecule has 3 nitrogen and oxygen atoms in total. The molecule has 0 amide bonds. The molecule has 0 saturated carbocycles. The van der Waals surface area contributed by atoms with E-state index in [-0.39, 0.29) is 6.55 Å². The third kappa shape index (κ3) is 6.32. The van der Waals surface area contributed by atoms with Crippen LogP contribution in [0.2, 0.25) is 0 Å². The number of hydrogen-bond acceptors (Lipinski definition) is 4. The van der Waals surface area contributed by atoms with Crippen molar-refractivity contribution in [2.45, 2.75) is 6.42 Å². The summed E-state index contributed by atoms with van der Waals surface area (Å²) in [6, 6.07) is 9.94. The Hall–Kier alpha value is -0.000000000000000222. The molecule has 0 bridgehead atoms. The lowest BCUT2D eigenvalue weighted by Gasteiger charge is -2.11. The highest BCUT2D eigenvalue weighted by molar-refractivity contribution is 8.88. The van der Waals surface area contributed by atoms with Gasteiger partial charge in [-0.1, -0.05) is 41.0 Å². The van der Waals surface area contributed by atoms with Crippen molar-refractivity contribution in [2.75, 3.05) is 30.0 Å². The van der Waals surface area contributed by atoms with Gasteiger partial charge in [0.2, 0.25) is 0 Å². The van der Waals surface area contributed by atoms with E-state index in [1.165, 1.54) is 11.5 Å². The number of hydrogen-bond donors (Lipinski definition) is 2. The molecule has 1 aromatic rings. The van der Waals surface area contributed by atoms with Crippen molar-refractivity contribution >= 4 is 52.3 Å². The number of thiocarbonyl (C=S) groups is 1. The first-order chi connectivity index (χ1) is 9.34. The van der Waals surface area contributed by atoms with Gasteiger partial charge in [0, 0.05) is 23.7 Å². The van der Waals surface area contributed by atoms with Gasteiger partial charge in [-0.05, 0) is 30.8 Å². The highest BCUT2D eigenvalue weighted by Crippen LogP contribution is 2.66. The quantitative estimate of drug-likeness (QED) is 0.464. The minimum Gasteiger partial charge on any atom is -0.362 e. The molecule has 1 saturated heterocycles. The van der Waals surface area contributed by atoms with Gasteiger partial charge in [0.1, 0.15) is 0 Å². The fraction of sp³-hybridized carbons (Fsp3) is 0.417. The van der Waals surface area contributed by atoms with E-state index in [1.807, 2.05) is 53.1 Å². The summed E-state index contributed by atoms with van der Waals surface area (Å²) in [6.45, 7) is 1.40. The zero-order chi connectivity index (χ0) is 13.3. The Morgan fingerprint density at radius 3 is 2.74 bits per heavy atom. The van der Waals surface area contributed by atoms with Crippen LogP contribution in [0.1, 0.15) is 6.42 Å². The monoisotopic (exact) mass is 332 g/mol. The van der Waals surface area contributed by atoms with Crippen LogP contribution in [-0.4, -0.2) is 29.8 Å². The Labute approximate surface area is 129 Å². The Balaban J connectivity index is 1.51. The topological polar surface area (TPSA) is 33.3 Å². The lowest BCUT2D eigenvalue weighted by Crippen LogP contribution is -2.29. The van der Waals surface area contributed by atoms with E-state index in [9.17, 15) is 0 Å². The van der Waals surface area contributed by atoms with Gasteiger partial charge >= 0.3 is 0 Å². The summed E-state index contributed by atoms with van der Waals surface area (Å²) < 4.78 is 5.79. The minimum atomic E-state index is -0.260. The molecule has 0 unspecified atom stereocenters. The van der Waals surface area contributed by atoms with Crippen LogP contribution in [-0.2, 0) is 4.52 Å². The molecule has 1 aliphatic heterocycles.